The first kappa shape index (κ1) is 23.3. The van der Waals surface area contributed by atoms with E-state index in [0.29, 0.717) is 6.04 Å². The highest BCUT2D eigenvalue weighted by Crippen LogP contribution is 2.38. The average molecular weight is 454 g/mol. The standard InChI is InChI=1S/C31H39N3/c1-5-13-27(14-6-1)30(28-15-7-2-8-16-28)34-24-19-31(20-25-34,29-17-9-3-10-18-29)32-21-26-33-22-11-4-12-23-33/h1-3,5-10,13-18,30,32H,4,11-12,19-26H2. The summed E-state index contributed by atoms with van der Waals surface area (Å²) < 4.78 is 0. The van der Waals surface area contributed by atoms with Gasteiger partial charge in [-0.05, 0) is 55.5 Å². The Hall–Kier alpha value is -2.46. The van der Waals surface area contributed by atoms with E-state index < -0.39 is 0 Å². The molecule has 3 heteroatoms. The molecule has 0 bridgehead atoms. The van der Waals surface area contributed by atoms with Crippen molar-refractivity contribution in [1.29, 1.82) is 0 Å². The molecule has 2 aliphatic heterocycles. The van der Waals surface area contributed by atoms with Gasteiger partial charge in [-0.1, -0.05) is 97.4 Å². The number of piperidine rings is 2. The Morgan fingerprint density at radius 1 is 0.647 bits per heavy atom. The van der Waals surface area contributed by atoms with Crippen LogP contribution in [0.2, 0.25) is 0 Å². The number of rotatable bonds is 8. The molecule has 0 spiro atoms. The first-order valence-electron chi connectivity index (χ1n) is 13.2. The van der Waals surface area contributed by atoms with Gasteiger partial charge in [-0.15, -0.1) is 0 Å². The highest BCUT2D eigenvalue weighted by Gasteiger charge is 2.38. The molecule has 0 aromatic heterocycles. The van der Waals surface area contributed by atoms with Crippen LogP contribution < -0.4 is 5.32 Å². The molecular weight excluding hydrogens is 414 g/mol. The maximum atomic E-state index is 4.07. The van der Waals surface area contributed by atoms with Crippen molar-refractivity contribution in [2.24, 2.45) is 0 Å². The molecule has 34 heavy (non-hydrogen) atoms. The van der Waals surface area contributed by atoms with E-state index >= 15 is 0 Å². The summed E-state index contributed by atoms with van der Waals surface area (Å²) in [5.41, 5.74) is 4.29. The highest BCUT2D eigenvalue weighted by atomic mass is 15.2. The molecule has 5 rings (SSSR count). The Balaban J connectivity index is 1.33. The molecule has 3 aromatic carbocycles. The third kappa shape index (κ3) is 5.43. The summed E-state index contributed by atoms with van der Waals surface area (Å²) in [6.07, 6.45) is 6.39. The summed E-state index contributed by atoms with van der Waals surface area (Å²) in [6.45, 7) is 6.93. The fourth-order valence-electron chi connectivity index (χ4n) is 6.01. The molecular formula is C31H39N3. The van der Waals surface area contributed by atoms with E-state index in [0.717, 1.165) is 39.0 Å². The number of benzene rings is 3. The van der Waals surface area contributed by atoms with Crippen LogP contribution in [-0.4, -0.2) is 49.1 Å². The fourth-order valence-corrected chi connectivity index (χ4v) is 6.01. The van der Waals surface area contributed by atoms with Gasteiger partial charge >= 0.3 is 0 Å². The summed E-state index contributed by atoms with van der Waals surface area (Å²) in [5, 5.41) is 4.07. The van der Waals surface area contributed by atoms with Crippen LogP contribution in [0.3, 0.4) is 0 Å². The second kappa shape index (κ2) is 11.3. The summed E-state index contributed by atoms with van der Waals surface area (Å²) in [7, 11) is 0. The van der Waals surface area contributed by atoms with Crippen LogP contribution in [0.25, 0.3) is 0 Å². The SMILES string of the molecule is c1ccc(C(c2ccccc2)N2CCC(NCCN3CCCCC3)(c3ccccc3)CC2)cc1. The Bertz CT molecular complexity index is 935. The van der Waals surface area contributed by atoms with Gasteiger partial charge in [0.1, 0.15) is 0 Å². The van der Waals surface area contributed by atoms with Gasteiger partial charge in [0, 0.05) is 31.7 Å². The van der Waals surface area contributed by atoms with Crippen molar-refractivity contribution in [3.05, 3.63) is 108 Å². The smallest absolute Gasteiger partial charge is 0.0601 e. The van der Waals surface area contributed by atoms with E-state index in [1.165, 1.54) is 49.0 Å². The zero-order valence-corrected chi connectivity index (χ0v) is 20.4. The van der Waals surface area contributed by atoms with Gasteiger partial charge in [0.2, 0.25) is 0 Å². The zero-order chi connectivity index (χ0) is 23.1. The molecule has 3 aromatic rings. The molecule has 0 radical (unpaired) electrons. The molecule has 2 saturated heterocycles. The van der Waals surface area contributed by atoms with Crippen molar-refractivity contribution < 1.29 is 0 Å². The van der Waals surface area contributed by atoms with Crippen molar-refractivity contribution in [1.82, 2.24) is 15.1 Å². The third-order valence-corrected chi connectivity index (χ3v) is 7.91. The van der Waals surface area contributed by atoms with Gasteiger partial charge in [-0.3, -0.25) is 4.90 Å². The predicted octanol–water partition coefficient (Wildman–Crippen LogP) is 5.84. The number of nitrogens with one attached hydrogen (secondary N) is 1. The maximum Gasteiger partial charge on any atom is 0.0601 e. The molecule has 0 atom stereocenters. The van der Waals surface area contributed by atoms with E-state index in [1.54, 1.807) is 0 Å². The highest BCUT2D eigenvalue weighted by molar-refractivity contribution is 5.33. The normalized spacial score (nSPS) is 19.3. The first-order chi connectivity index (χ1) is 16.8. The molecule has 0 amide bonds. The van der Waals surface area contributed by atoms with Gasteiger partial charge < -0.3 is 10.2 Å². The van der Waals surface area contributed by atoms with Crippen molar-refractivity contribution in [2.75, 3.05) is 39.3 Å². The minimum Gasteiger partial charge on any atom is -0.306 e. The molecule has 0 unspecified atom stereocenters. The van der Waals surface area contributed by atoms with Crippen LogP contribution in [0.1, 0.15) is 54.8 Å². The summed E-state index contributed by atoms with van der Waals surface area (Å²) >= 11 is 0. The Morgan fingerprint density at radius 2 is 1.18 bits per heavy atom. The van der Waals surface area contributed by atoms with Crippen LogP contribution in [0.4, 0.5) is 0 Å². The first-order valence-corrected chi connectivity index (χ1v) is 13.2. The quantitative estimate of drug-likeness (QED) is 0.462. The second-order valence-electron chi connectivity index (χ2n) is 10.0. The molecule has 2 aliphatic rings. The van der Waals surface area contributed by atoms with Crippen molar-refractivity contribution >= 4 is 0 Å². The van der Waals surface area contributed by atoms with Crippen molar-refractivity contribution in [3.63, 3.8) is 0 Å². The zero-order valence-electron chi connectivity index (χ0n) is 20.4. The van der Waals surface area contributed by atoms with Crippen molar-refractivity contribution in [2.45, 2.75) is 43.7 Å². The Labute approximate surface area is 205 Å². The molecule has 178 valence electrons. The minimum atomic E-state index is 0.0610. The van der Waals surface area contributed by atoms with E-state index in [1.807, 2.05) is 0 Å². The van der Waals surface area contributed by atoms with E-state index in [4.69, 9.17) is 0 Å². The maximum absolute atomic E-state index is 4.07. The summed E-state index contributed by atoms with van der Waals surface area (Å²) in [6, 6.07) is 33.6. The van der Waals surface area contributed by atoms with Crippen LogP contribution in [-0.2, 0) is 5.54 Å². The molecule has 2 heterocycles. The summed E-state index contributed by atoms with van der Waals surface area (Å²) in [5.74, 6) is 0. The van der Waals surface area contributed by atoms with Crippen LogP contribution in [0.15, 0.2) is 91.0 Å². The minimum absolute atomic E-state index is 0.0610. The van der Waals surface area contributed by atoms with Crippen LogP contribution in [0, 0.1) is 0 Å². The monoisotopic (exact) mass is 453 g/mol. The summed E-state index contributed by atoms with van der Waals surface area (Å²) in [4.78, 5) is 5.34. The lowest BCUT2D eigenvalue weighted by molar-refractivity contribution is 0.106. The molecule has 1 N–H and O–H groups in total. The van der Waals surface area contributed by atoms with Crippen molar-refractivity contribution in [3.8, 4) is 0 Å². The molecule has 2 fully saturated rings. The van der Waals surface area contributed by atoms with Crippen LogP contribution in [0.5, 0.6) is 0 Å². The lowest BCUT2D eigenvalue weighted by Gasteiger charge is -2.46. The lowest BCUT2D eigenvalue weighted by atomic mass is 9.79. The van der Waals surface area contributed by atoms with Gasteiger partial charge in [-0.25, -0.2) is 0 Å². The van der Waals surface area contributed by atoms with Gasteiger partial charge in [0.15, 0.2) is 0 Å². The van der Waals surface area contributed by atoms with E-state index in [9.17, 15) is 0 Å². The predicted molar refractivity (Wildman–Crippen MR) is 142 cm³/mol. The van der Waals surface area contributed by atoms with Gasteiger partial charge in [0.25, 0.3) is 0 Å². The number of hydrogen-bond acceptors (Lipinski definition) is 3. The largest absolute Gasteiger partial charge is 0.306 e. The third-order valence-electron chi connectivity index (χ3n) is 7.91. The van der Waals surface area contributed by atoms with Gasteiger partial charge in [-0.2, -0.15) is 0 Å². The molecule has 0 saturated carbocycles. The Kier molecular flexibility index (Phi) is 7.75. The average Bonchev–Trinajstić information content (AvgIpc) is 2.92. The number of likely N-dealkylation sites (tertiary alicyclic amines) is 2. The Morgan fingerprint density at radius 3 is 1.74 bits per heavy atom. The van der Waals surface area contributed by atoms with Gasteiger partial charge in [0.05, 0.1) is 6.04 Å². The van der Waals surface area contributed by atoms with E-state index in [2.05, 4.69) is 106 Å². The molecule has 3 nitrogen and oxygen atoms in total. The molecule has 0 aliphatic carbocycles. The fraction of sp³-hybridized carbons (Fsp3) is 0.419. The topological polar surface area (TPSA) is 18.5 Å². The lowest BCUT2D eigenvalue weighted by Crippen LogP contribution is -2.53. The van der Waals surface area contributed by atoms with Crippen LogP contribution >= 0.6 is 0 Å². The second-order valence-corrected chi connectivity index (χ2v) is 10.0. The van der Waals surface area contributed by atoms with E-state index in [-0.39, 0.29) is 5.54 Å². The number of nitrogens with zero attached hydrogens (tertiary/aromatic N) is 2. The number of hydrogen-bond donors (Lipinski definition) is 1.